The highest BCUT2D eigenvalue weighted by Gasteiger charge is 2.36. The normalized spacial score (nSPS) is 15.9. The van der Waals surface area contributed by atoms with Crippen LogP contribution in [0.1, 0.15) is 57.9 Å². The lowest BCUT2D eigenvalue weighted by Crippen LogP contribution is -2.21. The minimum atomic E-state index is -0.150. The number of nitrogens with zero attached hydrogens (tertiary/aromatic N) is 1. The Balaban J connectivity index is 2.31. The molecule has 0 unspecified atom stereocenters. The molecule has 1 aliphatic rings. The van der Waals surface area contributed by atoms with E-state index in [1.807, 2.05) is 24.4 Å². The molecule has 0 amide bonds. The lowest BCUT2D eigenvalue weighted by atomic mass is 9.81. The first-order valence-corrected chi connectivity index (χ1v) is 11.4. The molecule has 2 nitrogen and oxygen atoms in total. The summed E-state index contributed by atoms with van der Waals surface area (Å²) in [4.78, 5) is 5.89. The first-order chi connectivity index (χ1) is 13.5. The first-order valence-electron chi connectivity index (χ1n) is 9.42. The molecule has 1 aromatic carbocycles. The van der Waals surface area contributed by atoms with Crippen molar-refractivity contribution in [1.82, 2.24) is 4.98 Å². The summed E-state index contributed by atoms with van der Waals surface area (Å²) in [6.07, 6.45) is 2.58. The zero-order valence-electron chi connectivity index (χ0n) is 17.4. The van der Waals surface area contributed by atoms with Crippen LogP contribution in [-0.2, 0) is 4.75 Å². The minimum absolute atomic E-state index is 0.00765. The van der Waals surface area contributed by atoms with Crippen LogP contribution in [0.2, 0.25) is 10.0 Å². The molecule has 3 rings (SSSR count). The zero-order chi connectivity index (χ0) is 21.6. The van der Waals surface area contributed by atoms with Crippen molar-refractivity contribution in [2.75, 3.05) is 4.72 Å². The molecule has 0 aliphatic carbocycles. The van der Waals surface area contributed by atoms with E-state index in [-0.39, 0.29) is 10.2 Å². The molecule has 0 radical (unpaired) electrons. The number of benzene rings is 1. The molecule has 0 fully saturated rings. The number of nitrogens with one attached hydrogen (secondary N) is 1. The fraction of sp³-hybridized carbons (Fsp3) is 0.348. The molecule has 1 aliphatic heterocycles. The van der Waals surface area contributed by atoms with E-state index in [4.69, 9.17) is 28.2 Å². The first kappa shape index (κ1) is 22.6. The lowest BCUT2D eigenvalue weighted by molar-refractivity contribution is 0.497. The molecular formula is C23H26Cl2N2S2. The number of hydrogen-bond donors (Lipinski definition) is 2. The molecule has 2 aromatic rings. The Bertz CT molecular complexity index is 1000. The quantitative estimate of drug-likeness (QED) is 0.350. The number of thioether (sulfide) groups is 1. The summed E-state index contributed by atoms with van der Waals surface area (Å²) in [6, 6.07) is 7.99. The van der Waals surface area contributed by atoms with Gasteiger partial charge in [0, 0.05) is 21.4 Å². The number of aromatic nitrogens is 1. The second-order valence-corrected chi connectivity index (χ2v) is 11.4. The number of pyridine rings is 1. The monoisotopic (exact) mass is 464 g/mol. The second kappa shape index (κ2) is 8.22. The molecule has 6 heteroatoms. The van der Waals surface area contributed by atoms with Crippen LogP contribution in [0.4, 0.5) is 5.69 Å². The van der Waals surface area contributed by atoms with Crippen LogP contribution in [0.3, 0.4) is 0 Å². The van der Waals surface area contributed by atoms with Crippen molar-refractivity contribution in [2.45, 2.75) is 45.8 Å². The molecule has 29 heavy (non-hydrogen) atoms. The molecular weight excluding hydrogens is 439 g/mol. The topological polar surface area (TPSA) is 24.9 Å². The van der Waals surface area contributed by atoms with Crippen molar-refractivity contribution >= 4 is 63.9 Å². The summed E-state index contributed by atoms with van der Waals surface area (Å²) in [6.45, 7) is 15.4. The Labute approximate surface area is 193 Å². The number of thiol groups is 1. The van der Waals surface area contributed by atoms with Gasteiger partial charge < -0.3 is 4.72 Å². The van der Waals surface area contributed by atoms with Gasteiger partial charge in [-0.15, -0.1) is 11.8 Å². The van der Waals surface area contributed by atoms with Crippen molar-refractivity contribution in [2.24, 2.45) is 5.41 Å². The summed E-state index contributed by atoms with van der Waals surface area (Å²) in [5.74, 6) is 0. The molecule has 1 N–H and O–H groups in total. The second-order valence-electron chi connectivity index (χ2n) is 8.75. The van der Waals surface area contributed by atoms with Gasteiger partial charge >= 0.3 is 0 Å². The maximum atomic E-state index is 6.77. The third kappa shape index (κ3) is 4.36. The minimum Gasteiger partial charge on any atom is -0.330 e. The third-order valence-corrected chi connectivity index (χ3v) is 7.60. The Morgan fingerprint density at radius 1 is 1.24 bits per heavy atom. The highest BCUT2D eigenvalue weighted by molar-refractivity contribution is 8.09. The SMILES string of the molecule is C=C(CC1=C(c2ccc(Cl)c(NS)c2Cl)SC(C)(C)c2cccnc21)C(C)(C)C. The summed E-state index contributed by atoms with van der Waals surface area (Å²) in [5, 5.41) is 1.10. The van der Waals surface area contributed by atoms with Crippen molar-refractivity contribution < 1.29 is 0 Å². The molecule has 0 spiro atoms. The van der Waals surface area contributed by atoms with E-state index < -0.39 is 0 Å². The smallest absolute Gasteiger partial charge is 0.0822 e. The van der Waals surface area contributed by atoms with Gasteiger partial charge in [-0.05, 0) is 49.0 Å². The fourth-order valence-electron chi connectivity index (χ4n) is 3.30. The van der Waals surface area contributed by atoms with Gasteiger partial charge in [0.2, 0.25) is 0 Å². The summed E-state index contributed by atoms with van der Waals surface area (Å²) in [5.41, 5.74) is 6.08. The number of hydrogen-bond acceptors (Lipinski definition) is 4. The van der Waals surface area contributed by atoms with E-state index in [9.17, 15) is 0 Å². The van der Waals surface area contributed by atoms with Crippen LogP contribution in [-0.4, -0.2) is 4.98 Å². The van der Waals surface area contributed by atoms with Gasteiger partial charge in [-0.25, -0.2) is 0 Å². The predicted octanol–water partition coefficient (Wildman–Crippen LogP) is 8.49. The Morgan fingerprint density at radius 2 is 1.93 bits per heavy atom. The number of fused-ring (bicyclic) bond motifs is 1. The van der Waals surface area contributed by atoms with Crippen LogP contribution in [0.5, 0.6) is 0 Å². The molecule has 0 saturated carbocycles. The average molecular weight is 466 g/mol. The molecule has 1 aromatic heterocycles. The van der Waals surface area contributed by atoms with Crippen LogP contribution in [0.25, 0.3) is 10.5 Å². The van der Waals surface area contributed by atoms with Crippen molar-refractivity contribution in [3.63, 3.8) is 0 Å². The molecule has 0 bridgehead atoms. The van der Waals surface area contributed by atoms with Crippen LogP contribution in [0, 0.1) is 5.41 Å². The van der Waals surface area contributed by atoms with E-state index >= 15 is 0 Å². The third-order valence-electron chi connectivity index (χ3n) is 5.27. The van der Waals surface area contributed by atoms with Gasteiger partial charge in [0.05, 0.1) is 21.4 Å². The number of anilines is 1. The standard InChI is InChI=1S/C23H26Cl2N2S2/c1-13(22(2,3)4)12-15-19-16(8-7-11-26-19)23(5,6)29-21(15)14-9-10-17(24)20(27-28)18(14)25/h7-11,27-28H,1,12H2,2-6H3. The maximum absolute atomic E-state index is 6.77. The van der Waals surface area contributed by atoms with Crippen molar-refractivity contribution in [1.29, 1.82) is 0 Å². The average Bonchev–Trinajstić information content (AvgIpc) is 2.63. The highest BCUT2D eigenvalue weighted by atomic mass is 35.5. The zero-order valence-corrected chi connectivity index (χ0v) is 20.6. The van der Waals surface area contributed by atoms with Crippen molar-refractivity contribution in [3.05, 3.63) is 69.5 Å². The van der Waals surface area contributed by atoms with Gasteiger partial charge in [-0.2, -0.15) is 0 Å². The molecule has 154 valence electrons. The van der Waals surface area contributed by atoms with Gasteiger partial charge in [0.15, 0.2) is 0 Å². The van der Waals surface area contributed by atoms with Gasteiger partial charge in [0.1, 0.15) is 0 Å². The number of rotatable bonds is 4. The Kier molecular flexibility index (Phi) is 6.41. The fourth-order valence-corrected chi connectivity index (χ4v) is 5.64. The molecule has 0 saturated heterocycles. The van der Waals surface area contributed by atoms with Crippen LogP contribution < -0.4 is 4.72 Å². The number of halogens is 2. The van der Waals surface area contributed by atoms with Gasteiger partial charge in [-0.3, -0.25) is 4.98 Å². The Morgan fingerprint density at radius 3 is 2.55 bits per heavy atom. The van der Waals surface area contributed by atoms with Crippen LogP contribution >= 0.6 is 47.8 Å². The van der Waals surface area contributed by atoms with Crippen molar-refractivity contribution in [3.8, 4) is 0 Å². The van der Waals surface area contributed by atoms with Gasteiger partial charge in [-0.1, -0.05) is 81.1 Å². The van der Waals surface area contributed by atoms with E-state index in [1.165, 1.54) is 5.56 Å². The van der Waals surface area contributed by atoms with Gasteiger partial charge in [0.25, 0.3) is 0 Å². The highest BCUT2D eigenvalue weighted by Crippen LogP contribution is 2.56. The molecule has 2 heterocycles. The summed E-state index contributed by atoms with van der Waals surface area (Å²) in [7, 11) is 0. The van der Waals surface area contributed by atoms with E-state index in [1.54, 1.807) is 11.8 Å². The summed E-state index contributed by atoms with van der Waals surface area (Å²) >= 11 is 19.1. The largest absolute Gasteiger partial charge is 0.330 e. The Hall–Kier alpha value is -1.07. The van der Waals surface area contributed by atoms with E-state index in [0.29, 0.717) is 15.7 Å². The predicted molar refractivity (Wildman–Crippen MR) is 134 cm³/mol. The van der Waals surface area contributed by atoms with E-state index in [2.05, 4.69) is 64.8 Å². The van der Waals surface area contributed by atoms with Crippen LogP contribution in [0.15, 0.2) is 42.6 Å². The number of allylic oxidation sites excluding steroid dienone is 2. The lowest BCUT2D eigenvalue weighted by Gasteiger charge is -2.36. The summed E-state index contributed by atoms with van der Waals surface area (Å²) < 4.78 is 2.68. The molecule has 0 atom stereocenters. The van der Waals surface area contributed by atoms with E-state index in [0.717, 1.165) is 33.7 Å². The maximum Gasteiger partial charge on any atom is 0.0822 e.